The van der Waals surface area contributed by atoms with Crippen LogP contribution in [-0.2, 0) is 25.5 Å². The third kappa shape index (κ3) is 6.07. The minimum atomic E-state index is -0.868. The Hall–Kier alpha value is -2.49. The number of carbonyl (C=O) groups is 3. The van der Waals surface area contributed by atoms with Crippen molar-refractivity contribution in [2.45, 2.75) is 90.1 Å². The van der Waals surface area contributed by atoms with Crippen molar-refractivity contribution in [2.75, 3.05) is 31.6 Å². The number of aliphatic hydroxyl groups excluding tert-OH is 1. The lowest BCUT2D eigenvalue weighted by Crippen LogP contribution is -2.58. The molecule has 3 rings (SSSR count). The molecular formula is C27H42N4O5. The van der Waals surface area contributed by atoms with Crippen molar-refractivity contribution in [2.24, 2.45) is 0 Å². The summed E-state index contributed by atoms with van der Waals surface area (Å²) in [4.78, 5) is 42.3. The number of hydrogen-bond donors (Lipinski definition) is 3. The van der Waals surface area contributed by atoms with E-state index in [4.69, 9.17) is 4.74 Å². The SMILES string of the molecule is CCN[C@@H](C)C(=O)N[C@H](C(=O)N1CC(O)C[C@@H]1CC1CN(C(C)=O)c2ccc(CC)cc21)C(C)OC. The van der Waals surface area contributed by atoms with Gasteiger partial charge in [0.25, 0.3) is 0 Å². The lowest BCUT2D eigenvalue weighted by atomic mass is 9.91. The van der Waals surface area contributed by atoms with E-state index in [2.05, 4.69) is 29.7 Å². The van der Waals surface area contributed by atoms with Crippen LogP contribution in [-0.4, -0.2) is 84.8 Å². The molecule has 0 bridgehead atoms. The molecule has 2 heterocycles. The van der Waals surface area contributed by atoms with Crippen LogP contribution < -0.4 is 15.5 Å². The summed E-state index contributed by atoms with van der Waals surface area (Å²) in [6.07, 6.45) is 0.805. The summed E-state index contributed by atoms with van der Waals surface area (Å²) in [5, 5.41) is 16.5. The van der Waals surface area contributed by atoms with Crippen LogP contribution in [0.15, 0.2) is 18.2 Å². The first kappa shape index (κ1) is 28.1. The van der Waals surface area contributed by atoms with Crippen LogP contribution in [0.5, 0.6) is 0 Å². The number of β-amino-alcohol motifs (C(OH)–C–C–N with tert-alkyl or cyclic N) is 1. The maximum absolute atomic E-state index is 13.7. The highest BCUT2D eigenvalue weighted by Crippen LogP contribution is 2.41. The Morgan fingerprint density at radius 3 is 2.53 bits per heavy atom. The number of hydrogen-bond acceptors (Lipinski definition) is 6. The van der Waals surface area contributed by atoms with Crippen LogP contribution in [0.4, 0.5) is 5.69 Å². The number of rotatable bonds is 10. The lowest BCUT2D eigenvalue weighted by Gasteiger charge is -2.33. The molecule has 3 amide bonds. The van der Waals surface area contributed by atoms with Gasteiger partial charge in [0.05, 0.1) is 18.2 Å². The van der Waals surface area contributed by atoms with Gasteiger partial charge in [-0.05, 0) is 56.8 Å². The number of fused-ring (bicyclic) bond motifs is 1. The van der Waals surface area contributed by atoms with E-state index in [0.717, 1.165) is 17.7 Å². The lowest BCUT2D eigenvalue weighted by molar-refractivity contribution is -0.141. The van der Waals surface area contributed by atoms with Gasteiger partial charge in [-0.1, -0.05) is 26.0 Å². The topological polar surface area (TPSA) is 111 Å². The van der Waals surface area contributed by atoms with Crippen molar-refractivity contribution in [1.29, 1.82) is 0 Å². The zero-order valence-electron chi connectivity index (χ0n) is 22.4. The monoisotopic (exact) mass is 502 g/mol. The van der Waals surface area contributed by atoms with Crippen molar-refractivity contribution in [3.05, 3.63) is 29.3 Å². The second kappa shape index (κ2) is 12.2. The van der Waals surface area contributed by atoms with Crippen LogP contribution in [0.3, 0.4) is 0 Å². The number of ether oxygens (including phenoxy) is 1. The van der Waals surface area contributed by atoms with Gasteiger partial charge in [-0.3, -0.25) is 14.4 Å². The third-order valence-corrected chi connectivity index (χ3v) is 7.55. The van der Waals surface area contributed by atoms with Gasteiger partial charge in [0.2, 0.25) is 17.7 Å². The molecule has 1 aromatic carbocycles. The molecule has 0 aliphatic carbocycles. The van der Waals surface area contributed by atoms with Gasteiger partial charge in [0, 0.05) is 44.8 Å². The molecule has 1 fully saturated rings. The number of anilines is 1. The predicted octanol–water partition coefficient (Wildman–Crippen LogP) is 1.57. The molecule has 6 atom stereocenters. The summed E-state index contributed by atoms with van der Waals surface area (Å²) in [6, 6.07) is 4.71. The molecule has 0 aromatic heterocycles. The number of carbonyl (C=O) groups excluding carboxylic acids is 3. The molecule has 0 radical (unpaired) electrons. The van der Waals surface area contributed by atoms with Gasteiger partial charge in [-0.2, -0.15) is 0 Å². The number of amides is 3. The van der Waals surface area contributed by atoms with Crippen molar-refractivity contribution in [1.82, 2.24) is 15.5 Å². The van der Waals surface area contributed by atoms with Crippen LogP contribution in [0.25, 0.3) is 0 Å². The number of likely N-dealkylation sites (N-methyl/N-ethyl adjacent to an activating group) is 1. The van der Waals surface area contributed by atoms with Gasteiger partial charge < -0.3 is 30.3 Å². The van der Waals surface area contributed by atoms with Crippen LogP contribution >= 0.6 is 0 Å². The van der Waals surface area contributed by atoms with E-state index in [9.17, 15) is 19.5 Å². The zero-order chi connectivity index (χ0) is 26.6. The number of nitrogens with zero attached hydrogens (tertiary/aromatic N) is 2. The summed E-state index contributed by atoms with van der Waals surface area (Å²) in [5.41, 5.74) is 3.25. The highest BCUT2D eigenvalue weighted by atomic mass is 16.5. The Morgan fingerprint density at radius 2 is 1.92 bits per heavy atom. The number of aryl methyl sites for hydroxylation is 1. The Morgan fingerprint density at radius 1 is 1.19 bits per heavy atom. The molecular weight excluding hydrogens is 460 g/mol. The maximum atomic E-state index is 13.7. The smallest absolute Gasteiger partial charge is 0.248 e. The van der Waals surface area contributed by atoms with Crippen LogP contribution in [0, 0.1) is 0 Å². The number of nitrogens with one attached hydrogen (secondary N) is 2. The largest absolute Gasteiger partial charge is 0.391 e. The van der Waals surface area contributed by atoms with Gasteiger partial charge in [0.1, 0.15) is 6.04 Å². The number of methoxy groups -OCH3 is 1. The molecule has 9 heteroatoms. The second-order valence-corrected chi connectivity index (χ2v) is 10.0. The molecule has 36 heavy (non-hydrogen) atoms. The van der Waals surface area contributed by atoms with E-state index in [0.29, 0.717) is 25.9 Å². The predicted molar refractivity (Wildman–Crippen MR) is 139 cm³/mol. The molecule has 9 nitrogen and oxygen atoms in total. The third-order valence-electron chi connectivity index (χ3n) is 7.55. The molecule has 3 N–H and O–H groups in total. The fourth-order valence-corrected chi connectivity index (χ4v) is 5.40. The summed E-state index contributed by atoms with van der Waals surface area (Å²) < 4.78 is 5.45. The van der Waals surface area contributed by atoms with E-state index in [1.165, 1.54) is 12.7 Å². The fraction of sp³-hybridized carbons (Fsp3) is 0.667. The highest BCUT2D eigenvalue weighted by molar-refractivity contribution is 5.94. The average molecular weight is 503 g/mol. The average Bonchev–Trinajstić information content (AvgIpc) is 3.41. The van der Waals surface area contributed by atoms with Gasteiger partial charge in [0.15, 0.2) is 0 Å². The van der Waals surface area contributed by atoms with Gasteiger partial charge in [-0.15, -0.1) is 0 Å². The van der Waals surface area contributed by atoms with Crippen LogP contribution in [0.1, 0.15) is 64.5 Å². The van der Waals surface area contributed by atoms with Crippen molar-refractivity contribution in [3.8, 4) is 0 Å². The Labute approximate surface area is 214 Å². The van der Waals surface area contributed by atoms with E-state index < -0.39 is 24.3 Å². The summed E-state index contributed by atoms with van der Waals surface area (Å²) in [7, 11) is 1.51. The molecule has 1 aromatic rings. The Balaban J connectivity index is 1.83. The highest BCUT2D eigenvalue weighted by Gasteiger charge is 2.42. The second-order valence-electron chi connectivity index (χ2n) is 10.0. The first-order valence-corrected chi connectivity index (χ1v) is 13.1. The molecule has 0 saturated carbocycles. The molecule has 200 valence electrons. The van der Waals surface area contributed by atoms with E-state index >= 15 is 0 Å². The number of aliphatic hydroxyl groups is 1. The van der Waals surface area contributed by atoms with Crippen molar-refractivity contribution in [3.63, 3.8) is 0 Å². The number of benzene rings is 1. The summed E-state index contributed by atoms with van der Waals surface area (Å²) >= 11 is 0. The summed E-state index contributed by atoms with van der Waals surface area (Å²) in [5.74, 6) is -0.479. The van der Waals surface area contributed by atoms with Gasteiger partial charge >= 0.3 is 0 Å². The van der Waals surface area contributed by atoms with Crippen LogP contribution in [0.2, 0.25) is 0 Å². The summed E-state index contributed by atoms with van der Waals surface area (Å²) in [6.45, 7) is 10.5. The standard InChI is InChI=1S/C27H42N4O5/c1-7-19-9-10-24-23(11-19)20(14-30(24)18(5)32)12-21-13-22(33)15-31(21)27(35)25(17(4)36-6)29-26(34)16(3)28-8-2/h9-11,16-17,20-22,25,28,33H,7-8,12-15H2,1-6H3,(H,29,34)/t16-,17?,20?,21-,22?,25-/m0/s1. The van der Waals surface area contributed by atoms with Crippen molar-refractivity contribution >= 4 is 23.4 Å². The zero-order valence-corrected chi connectivity index (χ0v) is 22.4. The minimum Gasteiger partial charge on any atom is -0.391 e. The molecule has 0 spiro atoms. The fourth-order valence-electron chi connectivity index (χ4n) is 5.40. The molecule has 1 saturated heterocycles. The first-order chi connectivity index (χ1) is 17.1. The number of likely N-dealkylation sites (tertiary alicyclic amines) is 1. The molecule has 2 aliphatic heterocycles. The minimum absolute atomic E-state index is 0.00566. The quantitative estimate of drug-likeness (QED) is 0.448. The Kier molecular flexibility index (Phi) is 9.49. The van der Waals surface area contributed by atoms with Gasteiger partial charge in [-0.25, -0.2) is 0 Å². The molecule has 3 unspecified atom stereocenters. The first-order valence-electron chi connectivity index (χ1n) is 13.1. The maximum Gasteiger partial charge on any atom is 0.248 e. The van der Waals surface area contributed by atoms with E-state index in [-0.39, 0.29) is 36.2 Å². The molecule has 2 aliphatic rings. The van der Waals surface area contributed by atoms with E-state index in [1.807, 2.05) is 13.0 Å². The van der Waals surface area contributed by atoms with Crippen molar-refractivity contribution < 1.29 is 24.2 Å². The van der Waals surface area contributed by atoms with E-state index in [1.54, 1.807) is 30.6 Å². The Bertz CT molecular complexity index is 954. The normalized spacial score (nSPS) is 23.8.